The molecule has 0 saturated carbocycles. The van der Waals surface area contributed by atoms with E-state index in [2.05, 4.69) is 4.98 Å². The van der Waals surface area contributed by atoms with E-state index in [1.807, 2.05) is 6.92 Å². The minimum absolute atomic E-state index is 0.0848. The summed E-state index contributed by atoms with van der Waals surface area (Å²) in [5.74, 6) is -2.28. The number of nitrogens with zero attached hydrogens (tertiary/aromatic N) is 2. The summed E-state index contributed by atoms with van der Waals surface area (Å²) in [6, 6.07) is 5.88. The molecule has 2 atom stereocenters. The maximum absolute atomic E-state index is 13.8. The molecule has 1 aromatic heterocycles. The quantitative estimate of drug-likeness (QED) is 0.924. The first-order chi connectivity index (χ1) is 11.0. The van der Waals surface area contributed by atoms with Crippen LogP contribution in [0.1, 0.15) is 23.7 Å². The van der Waals surface area contributed by atoms with Crippen molar-refractivity contribution in [1.82, 2.24) is 9.88 Å². The van der Waals surface area contributed by atoms with Gasteiger partial charge in [0.15, 0.2) is 0 Å². The summed E-state index contributed by atoms with van der Waals surface area (Å²) in [5, 5.41) is 9.78. The van der Waals surface area contributed by atoms with Crippen molar-refractivity contribution in [3.63, 3.8) is 0 Å². The van der Waals surface area contributed by atoms with Gasteiger partial charge in [-0.25, -0.2) is 4.39 Å². The van der Waals surface area contributed by atoms with Crippen LogP contribution >= 0.6 is 0 Å². The van der Waals surface area contributed by atoms with Crippen LogP contribution in [0.2, 0.25) is 0 Å². The number of carboxylic acids is 1. The zero-order valence-corrected chi connectivity index (χ0v) is 12.7. The molecule has 1 fully saturated rings. The molecule has 2 heterocycles. The minimum atomic E-state index is -0.906. The maximum atomic E-state index is 13.8. The predicted molar refractivity (Wildman–Crippen MR) is 82.5 cm³/mol. The third kappa shape index (κ3) is 3.02. The number of benzene rings is 1. The Morgan fingerprint density at radius 2 is 2.13 bits per heavy atom. The number of aromatic nitrogens is 1. The third-order valence-electron chi connectivity index (χ3n) is 4.20. The van der Waals surface area contributed by atoms with Gasteiger partial charge >= 0.3 is 5.97 Å². The zero-order chi connectivity index (χ0) is 16.6. The average Bonchev–Trinajstić information content (AvgIpc) is 2.52. The van der Waals surface area contributed by atoms with Gasteiger partial charge in [0.25, 0.3) is 5.91 Å². The Labute approximate surface area is 132 Å². The highest BCUT2D eigenvalue weighted by Gasteiger charge is 2.33. The number of piperidine rings is 1. The molecule has 2 aromatic rings. The van der Waals surface area contributed by atoms with Gasteiger partial charge in [-0.2, -0.15) is 0 Å². The highest BCUT2D eigenvalue weighted by molar-refractivity contribution is 6.05. The second-order valence-corrected chi connectivity index (χ2v) is 6.11. The van der Waals surface area contributed by atoms with E-state index in [1.165, 1.54) is 17.0 Å². The molecule has 1 aromatic carbocycles. The van der Waals surface area contributed by atoms with Crippen molar-refractivity contribution in [3.8, 4) is 0 Å². The van der Waals surface area contributed by atoms with Gasteiger partial charge in [-0.3, -0.25) is 14.6 Å². The first kappa shape index (κ1) is 15.4. The molecule has 2 unspecified atom stereocenters. The van der Waals surface area contributed by atoms with Crippen LogP contribution in [0, 0.1) is 17.7 Å². The van der Waals surface area contributed by atoms with Crippen molar-refractivity contribution < 1.29 is 19.1 Å². The van der Waals surface area contributed by atoms with Crippen LogP contribution in [0.25, 0.3) is 10.9 Å². The molecule has 1 aliphatic rings. The number of carbonyl (C=O) groups is 2. The summed E-state index contributed by atoms with van der Waals surface area (Å²) >= 11 is 0. The standard InChI is InChI=1S/C17H17FN2O3/c1-10-5-12(17(22)23)9-20(8-10)16(21)14-7-13(18)6-11-3-2-4-19-15(11)14/h2-4,6-7,10,12H,5,8-9H2,1H3,(H,22,23). The number of pyridine rings is 1. The Morgan fingerprint density at radius 3 is 2.87 bits per heavy atom. The number of halogens is 1. The summed E-state index contributed by atoms with van der Waals surface area (Å²) in [6.45, 7) is 2.52. The van der Waals surface area contributed by atoms with Crippen LogP contribution in [-0.2, 0) is 4.79 Å². The lowest BCUT2D eigenvalue weighted by molar-refractivity contribution is -0.143. The van der Waals surface area contributed by atoms with Gasteiger partial charge in [0.2, 0.25) is 0 Å². The van der Waals surface area contributed by atoms with E-state index in [9.17, 15) is 19.1 Å². The smallest absolute Gasteiger partial charge is 0.308 e. The molecule has 1 N–H and O–H groups in total. The van der Waals surface area contributed by atoms with Crippen LogP contribution < -0.4 is 0 Å². The molecule has 120 valence electrons. The Bertz CT molecular complexity index is 778. The fraction of sp³-hybridized carbons (Fsp3) is 0.353. The molecule has 0 aliphatic carbocycles. The molecule has 0 bridgehead atoms. The number of amides is 1. The lowest BCUT2D eigenvalue weighted by Gasteiger charge is -2.34. The van der Waals surface area contributed by atoms with Gasteiger partial charge in [0.05, 0.1) is 17.0 Å². The number of rotatable bonds is 2. The lowest BCUT2D eigenvalue weighted by Crippen LogP contribution is -2.45. The molecule has 1 aliphatic heterocycles. The first-order valence-electron chi connectivity index (χ1n) is 7.52. The van der Waals surface area contributed by atoms with Crippen molar-refractivity contribution >= 4 is 22.8 Å². The highest BCUT2D eigenvalue weighted by atomic mass is 19.1. The van der Waals surface area contributed by atoms with Crippen molar-refractivity contribution in [2.75, 3.05) is 13.1 Å². The second-order valence-electron chi connectivity index (χ2n) is 6.11. The SMILES string of the molecule is CC1CC(C(=O)O)CN(C(=O)c2cc(F)cc3cccnc23)C1. The third-order valence-corrected chi connectivity index (χ3v) is 4.20. The van der Waals surface area contributed by atoms with Crippen LogP contribution in [0.4, 0.5) is 4.39 Å². The van der Waals surface area contributed by atoms with Gasteiger partial charge in [-0.05, 0) is 30.5 Å². The van der Waals surface area contributed by atoms with Gasteiger partial charge in [0.1, 0.15) is 5.82 Å². The molecule has 1 saturated heterocycles. The average molecular weight is 316 g/mol. The van der Waals surface area contributed by atoms with Crippen molar-refractivity contribution in [2.45, 2.75) is 13.3 Å². The second kappa shape index (κ2) is 5.95. The molecule has 23 heavy (non-hydrogen) atoms. The molecule has 0 spiro atoms. The fourth-order valence-electron chi connectivity index (χ4n) is 3.19. The van der Waals surface area contributed by atoms with Crippen LogP contribution in [0.3, 0.4) is 0 Å². The normalized spacial score (nSPS) is 21.4. The first-order valence-corrected chi connectivity index (χ1v) is 7.52. The molecule has 5 nitrogen and oxygen atoms in total. The van der Waals surface area contributed by atoms with Crippen LogP contribution in [0.5, 0.6) is 0 Å². The van der Waals surface area contributed by atoms with E-state index in [4.69, 9.17) is 0 Å². The van der Waals surface area contributed by atoms with E-state index in [0.29, 0.717) is 23.9 Å². The van der Waals surface area contributed by atoms with Gasteiger partial charge in [-0.15, -0.1) is 0 Å². The van der Waals surface area contributed by atoms with E-state index < -0.39 is 17.7 Å². The van der Waals surface area contributed by atoms with Gasteiger partial charge in [0, 0.05) is 24.7 Å². The Kier molecular flexibility index (Phi) is 3.98. The Balaban J connectivity index is 1.98. The summed E-state index contributed by atoms with van der Waals surface area (Å²) in [6.07, 6.45) is 2.09. The topological polar surface area (TPSA) is 70.5 Å². The molecule has 3 rings (SSSR count). The molecular formula is C17H17FN2O3. The van der Waals surface area contributed by atoms with E-state index >= 15 is 0 Å². The summed E-state index contributed by atoms with van der Waals surface area (Å²) < 4.78 is 13.8. The number of likely N-dealkylation sites (tertiary alicyclic amines) is 1. The van der Waals surface area contributed by atoms with Gasteiger partial charge < -0.3 is 10.0 Å². The monoisotopic (exact) mass is 316 g/mol. The zero-order valence-electron chi connectivity index (χ0n) is 12.7. The van der Waals surface area contributed by atoms with Crippen molar-refractivity contribution in [2.24, 2.45) is 11.8 Å². The predicted octanol–water partition coefficient (Wildman–Crippen LogP) is 2.56. The van der Waals surface area contributed by atoms with Crippen molar-refractivity contribution in [1.29, 1.82) is 0 Å². The highest BCUT2D eigenvalue weighted by Crippen LogP contribution is 2.26. The maximum Gasteiger partial charge on any atom is 0.308 e. The van der Waals surface area contributed by atoms with E-state index in [1.54, 1.807) is 18.3 Å². The molecule has 6 heteroatoms. The number of carboxylic acid groups (broad SMARTS) is 1. The molecular weight excluding hydrogens is 299 g/mol. The summed E-state index contributed by atoms with van der Waals surface area (Å²) in [4.78, 5) is 29.7. The summed E-state index contributed by atoms with van der Waals surface area (Å²) in [5.41, 5.74) is 0.614. The number of aliphatic carboxylic acids is 1. The lowest BCUT2D eigenvalue weighted by atomic mass is 9.90. The number of hydrogen-bond donors (Lipinski definition) is 1. The van der Waals surface area contributed by atoms with Crippen LogP contribution in [0.15, 0.2) is 30.5 Å². The number of hydrogen-bond acceptors (Lipinski definition) is 3. The molecule has 0 radical (unpaired) electrons. The fourth-order valence-corrected chi connectivity index (χ4v) is 3.19. The Hall–Kier alpha value is -2.50. The minimum Gasteiger partial charge on any atom is -0.481 e. The molecule has 1 amide bonds. The summed E-state index contributed by atoms with van der Waals surface area (Å²) in [7, 11) is 0. The van der Waals surface area contributed by atoms with Crippen LogP contribution in [-0.4, -0.2) is 40.0 Å². The Morgan fingerprint density at radius 1 is 1.35 bits per heavy atom. The van der Waals surface area contributed by atoms with Crippen molar-refractivity contribution in [3.05, 3.63) is 41.8 Å². The number of carbonyl (C=O) groups excluding carboxylic acids is 1. The number of fused-ring (bicyclic) bond motifs is 1. The van der Waals surface area contributed by atoms with E-state index in [0.717, 1.165) is 0 Å². The van der Waals surface area contributed by atoms with E-state index in [-0.39, 0.29) is 23.9 Å². The van der Waals surface area contributed by atoms with Gasteiger partial charge in [-0.1, -0.05) is 13.0 Å². The largest absolute Gasteiger partial charge is 0.481 e.